The van der Waals surface area contributed by atoms with Crippen molar-refractivity contribution < 1.29 is 4.74 Å². The van der Waals surface area contributed by atoms with Gasteiger partial charge in [0.25, 0.3) is 0 Å². The number of nitrogens with one attached hydrogen (secondary N) is 1. The molecular formula is C11H20N2O. The molecule has 80 valence electrons. The van der Waals surface area contributed by atoms with Gasteiger partial charge in [-0.25, -0.2) is 0 Å². The first-order chi connectivity index (χ1) is 6.64. The monoisotopic (exact) mass is 196 g/mol. The van der Waals surface area contributed by atoms with Crippen molar-refractivity contribution in [2.75, 3.05) is 19.8 Å². The van der Waals surface area contributed by atoms with Crippen LogP contribution in [0.5, 0.6) is 0 Å². The Labute approximate surface area is 86.4 Å². The van der Waals surface area contributed by atoms with Gasteiger partial charge in [-0.3, -0.25) is 0 Å². The van der Waals surface area contributed by atoms with Crippen LogP contribution in [-0.4, -0.2) is 25.8 Å². The Morgan fingerprint density at radius 3 is 2.93 bits per heavy atom. The van der Waals surface area contributed by atoms with E-state index in [0.717, 1.165) is 39.0 Å². The Balaban J connectivity index is 2.02. The van der Waals surface area contributed by atoms with E-state index >= 15 is 0 Å². The summed E-state index contributed by atoms with van der Waals surface area (Å²) in [5.41, 5.74) is -0.173. The van der Waals surface area contributed by atoms with Gasteiger partial charge in [-0.15, -0.1) is 0 Å². The molecule has 0 saturated carbocycles. The van der Waals surface area contributed by atoms with E-state index in [9.17, 15) is 0 Å². The van der Waals surface area contributed by atoms with Crippen molar-refractivity contribution in [2.24, 2.45) is 5.41 Å². The minimum absolute atomic E-state index is 0.173. The molecule has 1 aliphatic rings. The first-order valence-corrected chi connectivity index (χ1v) is 5.36. The molecule has 1 unspecified atom stereocenters. The third-order valence-corrected chi connectivity index (χ3v) is 2.64. The third kappa shape index (κ3) is 4.08. The molecule has 1 fully saturated rings. The van der Waals surface area contributed by atoms with Gasteiger partial charge in [0, 0.05) is 12.6 Å². The van der Waals surface area contributed by atoms with Crippen molar-refractivity contribution in [3.8, 4) is 6.07 Å². The minimum Gasteiger partial charge on any atom is -0.380 e. The molecule has 0 aromatic carbocycles. The summed E-state index contributed by atoms with van der Waals surface area (Å²) in [5, 5.41) is 12.3. The average molecular weight is 196 g/mol. The molecule has 14 heavy (non-hydrogen) atoms. The molecule has 3 heteroatoms. The number of hydrogen-bond donors (Lipinski definition) is 1. The zero-order valence-electron chi connectivity index (χ0n) is 9.18. The summed E-state index contributed by atoms with van der Waals surface area (Å²) in [4.78, 5) is 0. The normalized spacial score (nSPS) is 22.2. The highest BCUT2D eigenvalue weighted by Crippen LogP contribution is 2.20. The van der Waals surface area contributed by atoms with Gasteiger partial charge in [-0.05, 0) is 39.7 Å². The summed E-state index contributed by atoms with van der Waals surface area (Å²) in [6.45, 7) is 6.72. The van der Waals surface area contributed by atoms with E-state index in [0.29, 0.717) is 6.04 Å². The fourth-order valence-corrected chi connectivity index (χ4v) is 1.59. The predicted molar refractivity (Wildman–Crippen MR) is 55.9 cm³/mol. The number of ether oxygens (including phenoxy) is 1. The number of nitriles is 1. The van der Waals surface area contributed by atoms with Gasteiger partial charge in [0.2, 0.25) is 0 Å². The lowest BCUT2D eigenvalue weighted by atomic mass is 9.90. The van der Waals surface area contributed by atoms with Crippen molar-refractivity contribution in [1.29, 1.82) is 5.26 Å². The Bertz CT molecular complexity index is 202. The van der Waals surface area contributed by atoms with Crippen molar-refractivity contribution in [3.05, 3.63) is 0 Å². The zero-order chi connectivity index (χ0) is 10.4. The summed E-state index contributed by atoms with van der Waals surface area (Å²) in [6, 6.07) is 2.86. The third-order valence-electron chi connectivity index (χ3n) is 2.64. The van der Waals surface area contributed by atoms with Crippen molar-refractivity contribution in [1.82, 2.24) is 5.32 Å². The molecule has 0 spiro atoms. The number of rotatable bonds is 5. The second-order valence-electron chi connectivity index (χ2n) is 4.61. The van der Waals surface area contributed by atoms with Crippen molar-refractivity contribution in [3.63, 3.8) is 0 Å². The summed E-state index contributed by atoms with van der Waals surface area (Å²) in [6.07, 6.45) is 3.16. The Kier molecular flexibility index (Phi) is 4.37. The van der Waals surface area contributed by atoms with Crippen LogP contribution < -0.4 is 5.32 Å². The van der Waals surface area contributed by atoms with Crippen LogP contribution in [0, 0.1) is 16.7 Å². The molecule has 0 aliphatic carbocycles. The molecular weight excluding hydrogens is 176 g/mol. The summed E-state index contributed by atoms with van der Waals surface area (Å²) in [7, 11) is 0. The van der Waals surface area contributed by atoms with Gasteiger partial charge >= 0.3 is 0 Å². The first kappa shape index (κ1) is 11.5. The first-order valence-electron chi connectivity index (χ1n) is 5.36. The van der Waals surface area contributed by atoms with E-state index in [1.165, 1.54) is 0 Å². The molecule has 1 saturated heterocycles. The zero-order valence-corrected chi connectivity index (χ0v) is 9.18. The highest BCUT2D eigenvalue weighted by Gasteiger charge is 2.17. The van der Waals surface area contributed by atoms with E-state index in [4.69, 9.17) is 10.00 Å². The lowest BCUT2D eigenvalue weighted by molar-refractivity contribution is 0.190. The van der Waals surface area contributed by atoms with E-state index in [2.05, 4.69) is 11.4 Å². The maximum atomic E-state index is 8.81. The van der Waals surface area contributed by atoms with E-state index < -0.39 is 0 Å². The molecule has 1 rings (SSSR count). The van der Waals surface area contributed by atoms with Gasteiger partial charge in [-0.2, -0.15) is 5.26 Å². The van der Waals surface area contributed by atoms with Crippen LogP contribution in [0.3, 0.4) is 0 Å². The maximum Gasteiger partial charge on any atom is 0.0683 e. The van der Waals surface area contributed by atoms with Crippen LogP contribution in [0.25, 0.3) is 0 Å². The van der Waals surface area contributed by atoms with Crippen molar-refractivity contribution >= 4 is 0 Å². The standard InChI is InChI=1S/C11H20N2O/c1-11(2,9-12)5-3-6-13-10-4-7-14-8-10/h10,13H,3-8H2,1-2H3. The molecule has 1 heterocycles. The quantitative estimate of drug-likeness (QED) is 0.681. The summed E-state index contributed by atoms with van der Waals surface area (Å²) < 4.78 is 5.26. The molecule has 1 N–H and O–H groups in total. The van der Waals surface area contributed by atoms with Crippen LogP contribution in [0.4, 0.5) is 0 Å². The summed E-state index contributed by atoms with van der Waals surface area (Å²) >= 11 is 0. The Hall–Kier alpha value is -0.590. The molecule has 0 aromatic rings. The fourth-order valence-electron chi connectivity index (χ4n) is 1.59. The van der Waals surface area contributed by atoms with Crippen molar-refractivity contribution in [2.45, 2.75) is 39.2 Å². The van der Waals surface area contributed by atoms with Crippen LogP contribution in [-0.2, 0) is 4.74 Å². The van der Waals surface area contributed by atoms with Crippen LogP contribution in [0.2, 0.25) is 0 Å². The Morgan fingerprint density at radius 1 is 1.57 bits per heavy atom. The average Bonchev–Trinajstić information content (AvgIpc) is 2.65. The largest absolute Gasteiger partial charge is 0.380 e. The molecule has 0 aromatic heterocycles. The van der Waals surface area contributed by atoms with Gasteiger partial charge in [0.05, 0.1) is 18.1 Å². The Morgan fingerprint density at radius 2 is 2.36 bits per heavy atom. The highest BCUT2D eigenvalue weighted by molar-refractivity contribution is 4.91. The predicted octanol–water partition coefficient (Wildman–Crippen LogP) is 1.69. The van der Waals surface area contributed by atoms with Gasteiger partial charge in [0.1, 0.15) is 0 Å². The van der Waals surface area contributed by atoms with Gasteiger partial charge < -0.3 is 10.1 Å². The second-order valence-corrected chi connectivity index (χ2v) is 4.61. The van der Waals surface area contributed by atoms with Gasteiger partial charge in [-0.1, -0.05) is 0 Å². The van der Waals surface area contributed by atoms with Crippen LogP contribution >= 0.6 is 0 Å². The van der Waals surface area contributed by atoms with Crippen LogP contribution in [0.1, 0.15) is 33.1 Å². The SMILES string of the molecule is CC(C)(C#N)CCCNC1CCOC1. The van der Waals surface area contributed by atoms with Gasteiger partial charge in [0.15, 0.2) is 0 Å². The molecule has 0 amide bonds. The molecule has 0 radical (unpaired) electrons. The second kappa shape index (κ2) is 5.33. The smallest absolute Gasteiger partial charge is 0.0683 e. The van der Waals surface area contributed by atoms with E-state index in [-0.39, 0.29) is 5.41 Å². The summed E-state index contributed by atoms with van der Waals surface area (Å²) in [5.74, 6) is 0. The number of hydrogen-bond acceptors (Lipinski definition) is 3. The topological polar surface area (TPSA) is 45.0 Å². The lowest BCUT2D eigenvalue weighted by Gasteiger charge is -2.16. The lowest BCUT2D eigenvalue weighted by Crippen LogP contribution is -2.30. The minimum atomic E-state index is -0.173. The van der Waals surface area contributed by atoms with E-state index in [1.807, 2.05) is 13.8 Å². The molecule has 3 nitrogen and oxygen atoms in total. The van der Waals surface area contributed by atoms with Crippen LogP contribution in [0.15, 0.2) is 0 Å². The fraction of sp³-hybridized carbons (Fsp3) is 0.909. The molecule has 0 bridgehead atoms. The molecule has 1 atom stereocenters. The molecule has 1 aliphatic heterocycles. The highest BCUT2D eigenvalue weighted by atomic mass is 16.5. The van der Waals surface area contributed by atoms with E-state index in [1.54, 1.807) is 0 Å². The number of nitrogens with zero attached hydrogens (tertiary/aromatic N) is 1. The maximum absolute atomic E-state index is 8.81.